The zero-order valence-electron chi connectivity index (χ0n) is 39.7. The van der Waals surface area contributed by atoms with Crippen LogP contribution >= 0.6 is 0 Å². The van der Waals surface area contributed by atoms with Gasteiger partial charge in [-0.15, -0.1) is 0 Å². The van der Waals surface area contributed by atoms with Crippen LogP contribution in [0.15, 0.2) is 60.8 Å². The molecule has 0 rings (SSSR count). The molecule has 0 aliphatic rings. The summed E-state index contributed by atoms with van der Waals surface area (Å²) < 4.78 is 10.7. The maximum Gasteiger partial charge on any atom is 0.306 e. The zero-order chi connectivity index (χ0) is 43.5. The van der Waals surface area contributed by atoms with Crippen LogP contribution in [0.25, 0.3) is 0 Å². The molecule has 0 spiro atoms. The molecule has 348 valence electrons. The van der Waals surface area contributed by atoms with Gasteiger partial charge in [-0.25, -0.2) is 0 Å². The van der Waals surface area contributed by atoms with Crippen molar-refractivity contribution in [1.29, 1.82) is 0 Å². The van der Waals surface area contributed by atoms with Gasteiger partial charge in [0.05, 0.1) is 6.61 Å². The summed E-state index contributed by atoms with van der Waals surface area (Å²) in [6, 6.07) is 0. The fraction of sp³-hybridized carbons (Fsp3) is 0.782. The molecule has 0 saturated carbocycles. The van der Waals surface area contributed by atoms with Gasteiger partial charge in [0, 0.05) is 12.8 Å². The lowest BCUT2D eigenvalue weighted by molar-refractivity contribution is -0.161. The van der Waals surface area contributed by atoms with E-state index in [-0.39, 0.29) is 25.2 Å². The lowest BCUT2D eigenvalue weighted by Gasteiger charge is -2.15. The van der Waals surface area contributed by atoms with E-state index in [4.69, 9.17) is 9.47 Å². The van der Waals surface area contributed by atoms with E-state index in [1.807, 2.05) is 0 Å². The third-order valence-electron chi connectivity index (χ3n) is 11.3. The predicted molar refractivity (Wildman–Crippen MR) is 260 cm³/mol. The van der Waals surface area contributed by atoms with Crippen molar-refractivity contribution in [3.8, 4) is 0 Å². The molecule has 0 aromatic heterocycles. The number of aliphatic hydroxyl groups is 1. The standard InChI is InChI=1S/C55H98O5/c1-3-5-7-9-11-13-15-17-19-21-22-23-24-25-26-27-28-29-30-31-32-34-36-38-40-42-44-46-48-50-55(58)60-53(51-56)52-59-54(57)49-47-45-43-41-39-37-35-33-20-18-16-14-12-10-8-6-4-2/h5,7,11,13,17,19,22-23,25-26,53,56H,3-4,6,8-10,12,14-16,18,20-21,24,27-52H2,1-2H3/b7-5-,13-11-,19-17-,23-22-,26-25-. The Morgan fingerprint density at radius 3 is 1.08 bits per heavy atom. The van der Waals surface area contributed by atoms with Gasteiger partial charge in [-0.05, 0) is 57.8 Å². The molecule has 1 atom stereocenters. The minimum Gasteiger partial charge on any atom is -0.462 e. The Bertz CT molecular complexity index is 1040. The van der Waals surface area contributed by atoms with Crippen LogP contribution in [0.3, 0.4) is 0 Å². The normalized spacial score (nSPS) is 12.7. The highest BCUT2D eigenvalue weighted by atomic mass is 16.6. The Hall–Kier alpha value is -2.40. The van der Waals surface area contributed by atoms with E-state index in [0.717, 1.165) is 70.6 Å². The van der Waals surface area contributed by atoms with E-state index in [1.54, 1.807) is 0 Å². The van der Waals surface area contributed by atoms with E-state index in [9.17, 15) is 14.7 Å². The minimum atomic E-state index is -0.772. The summed E-state index contributed by atoms with van der Waals surface area (Å²) in [5.74, 6) is -0.582. The molecular weight excluding hydrogens is 741 g/mol. The van der Waals surface area contributed by atoms with Gasteiger partial charge >= 0.3 is 11.9 Å². The highest BCUT2D eigenvalue weighted by Crippen LogP contribution is 2.16. The molecule has 0 saturated heterocycles. The van der Waals surface area contributed by atoms with E-state index in [0.29, 0.717) is 12.8 Å². The number of hydrogen-bond donors (Lipinski definition) is 1. The fourth-order valence-corrected chi connectivity index (χ4v) is 7.47. The quantitative estimate of drug-likeness (QED) is 0.0375. The molecule has 0 amide bonds. The number of esters is 2. The molecule has 0 aliphatic carbocycles. The first-order chi connectivity index (χ1) is 29.6. The Morgan fingerprint density at radius 1 is 0.400 bits per heavy atom. The van der Waals surface area contributed by atoms with Crippen molar-refractivity contribution in [2.45, 2.75) is 264 Å². The number of hydrogen-bond acceptors (Lipinski definition) is 5. The number of unbranched alkanes of at least 4 members (excludes halogenated alkanes) is 29. The molecular formula is C55H98O5. The van der Waals surface area contributed by atoms with Gasteiger partial charge in [-0.2, -0.15) is 0 Å². The second-order valence-electron chi connectivity index (χ2n) is 17.2. The van der Waals surface area contributed by atoms with E-state index in [2.05, 4.69) is 74.6 Å². The maximum absolute atomic E-state index is 12.3. The van der Waals surface area contributed by atoms with Crippen LogP contribution in [0.2, 0.25) is 0 Å². The van der Waals surface area contributed by atoms with Gasteiger partial charge in [0.2, 0.25) is 0 Å². The van der Waals surface area contributed by atoms with E-state index in [1.165, 1.54) is 161 Å². The number of carbonyl (C=O) groups excluding carboxylic acids is 2. The molecule has 0 aliphatic heterocycles. The third kappa shape index (κ3) is 48.3. The van der Waals surface area contributed by atoms with Gasteiger partial charge in [0.15, 0.2) is 6.10 Å². The smallest absolute Gasteiger partial charge is 0.306 e. The van der Waals surface area contributed by atoms with Crippen LogP contribution in [0.1, 0.15) is 258 Å². The third-order valence-corrected chi connectivity index (χ3v) is 11.3. The van der Waals surface area contributed by atoms with Crippen LogP contribution in [0.4, 0.5) is 0 Å². The summed E-state index contributed by atoms with van der Waals surface area (Å²) in [5.41, 5.74) is 0. The Kier molecular flexibility index (Phi) is 48.9. The Balaban J connectivity index is 3.49. The van der Waals surface area contributed by atoms with Crippen LogP contribution < -0.4 is 0 Å². The van der Waals surface area contributed by atoms with Gasteiger partial charge in [-0.1, -0.05) is 248 Å². The van der Waals surface area contributed by atoms with Crippen LogP contribution in [0.5, 0.6) is 0 Å². The van der Waals surface area contributed by atoms with Crippen molar-refractivity contribution >= 4 is 11.9 Å². The average Bonchev–Trinajstić information content (AvgIpc) is 3.25. The molecule has 1 unspecified atom stereocenters. The lowest BCUT2D eigenvalue weighted by atomic mass is 10.0. The van der Waals surface area contributed by atoms with Gasteiger partial charge < -0.3 is 14.6 Å². The number of allylic oxidation sites excluding steroid dienone is 10. The van der Waals surface area contributed by atoms with Crippen LogP contribution in [-0.2, 0) is 19.1 Å². The molecule has 5 heteroatoms. The SMILES string of the molecule is CC/C=C\C/C=C\C/C=C\C/C=C\C/C=C\CCCCCCCCCCCCCCCC(=O)OC(CO)COC(=O)CCCCCCCCCCCCCCCCCCC. The van der Waals surface area contributed by atoms with Crippen molar-refractivity contribution < 1.29 is 24.2 Å². The topological polar surface area (TPSA) is 72.8 Å². The zero-order valence-corrected chi connectivity index (χ0v) is 39.7. The lowest BCUT2D eigenvalue weighted by Crippen LogP contribution is -2.28. The van der Waals surface area contributed by atoms with Crippen molar-refractivity contribution in [3.05, 3.63) is 60.8 Å². The molecule has 5 nitrogen and oxygen atoms in total. The summed E-state index contributed by atoms with van der Waals surface area (Å²) in [5, 5.41) is 9.63. The second-order valence-corrected chi connectivity index (χ2v) is 17.2. The van der Waals surface area contributed by atoms with Crippen molar-refractivity contribution in [2.75, 3.05) is 13.2 Å². The highest BCUT2D eigenvalue weighted by Gasteiger charge is 2.16. The van der Waals surface area contributed by atoms with E-state index >= 15 is 0 Å². The molecule has 0 radical (unpaired) electrons. The monoisotopic (exact) mass is 839 g/mol. The number of ether oxygens (including phenoxy) is 2. The highest BCUT2D eigenvalue weighted by molar-refractivity contribution is 5.70. The molecule has 1 N–H and O–H groups in total. The van der Waals surface area contributed by atoms with Crippen molar-refractivity contribution in [1.82, 2.24) is 0 Å². The van der Waals surface area contributed by atoms with Gasteiger partial charge in [-0.3, -0.25) is 9.59 Å². The molecule has 0 aromatic carbocycles. The van der Waals surface area contributed by atoms with Crippen LogP contribution in [0, 0.1) is 0 Å². The Morgan fingerprint density at radius 2 is 0.717 bits per heavy atom. The van der Waals surface area contributed by atoms with Crippen molar-refractivity contribution in [3.63, 3.8) is 0 Å². The molecule has 60 heavy (non-hydrogen) atoms. The number of rotatable bonds is 47. The summed E-state index contributed by atoms with van der Waals surface area (Å²) in [6.07, 6.45) is 67.4. The van der Waals surface area contributed by atoms with Crippen molar-refractivity contribution in [2.24, 2.45) is 0 Å². The van der Waals surface area contributed by atoms with Gasteiger partial charge in [0.25, 0.3) is 0 Å². The first-order valence-corrected chi connectivity index (χ1v) is 25.8. The number of aliphatic hydroxyl groups excluding tert-OH is 1. The summed E-state index contributed by atoms with van der Waals surface area (Å²) in [6.45, 7) is 4.05. The van der Waals surface area contributed by atoms with Gasteiger partial charge in [0.1, 0.15) is 6.61 Å². The second kappa shape index (κ2) is 51.0. The van der Waals surface area contributed by atoms with Crippen LogP contribution in [-0.4, -0.2) is 36.4 Å². The fourth-order valence-electron chi connectivity index (χ4n) is 7.47. The first kappa shape index (κ1) is 57.6. The molecule has 0 fully saturated rings. The van der Waals surface area contributed by atoms with E-state index < -0.39 is 6.10 Å². The number of carbonyl (C=O) groups is 2. The first-order valence-electron chi connectivity index (χ1n) is 25.8. The predicted octanol–water partition coefficient (Wildman–Crippen LogP) is 17.1. The maximum atomic E-state index is 12.3. The minimum absolute atomic E-state index is 0.0637. The molecule has 0 bridgehead atoms. The molecule has 0 heterocycles. The largest absolute Gasteiger partial charge is 0.462 e. The average molecular weight is 839 g/mol. The summed E-state index contributed by atoms with van der Waals surface area (Å²) in [7, 11) is 0. The summed E-state index contributed by atoms with van der Waals surface area (Å²) in [4.78, 5) is 24.4. The summed E-state index contributed by atoms with van der Waals surface area (Å²) >= 11 is 0. The Labute approximate surface area is 372 Å². The molecule has 0 aromatic rings.